The molecule has 9 aromatic carbocycles. The summed E-state index contributed by atoms with van der Waals surface area (Å²) in [5, 5.41) is 9.76. The van der Waals surface area contributed by atoms with Crippen LogP contribution in [0.4, 0.5) is 0 Å². The molecule has 0 aliphatic heterocycles. The number of benzene rings is 9. The molecule has 0 N–H and O–H groups in total. The fourth-order valence-corrected chi connectivity index (χ4v) is 13.3. The molecule has 0 saturated heterocycles. The van der Waals surface area contributed by atoms with Crippen LogP contribution in [0.15, 0.2) is 254 Å². The van der Waals surface area contributed by atoms with E-state index in [2.05, 4.69) is 223 Å². The molecule has 1 atom stereocenters. The lowest BCUT2D eigenvalue weighted by atomic mass is 9.69. The molecule has 4 heteroatoms. The SMILES string of the molecule is C=C/C=C1\C(=C)c2ccccc2C12C(C=C)=C(/C=C\C)c1cc3c(cc12)c1ccccc1n3-c1ccc2c(c1)c1ccccc1n2-c1ccc(-c2ccc3c(c2)c2cccc4c5ccccc5c(=O)n3c42)cc1. The van der Waals surface area contributed by atoms with E-state index in [1.165, 1.54) is 43.8 Å². The molecule has 0 saturated carbocycles. The molecule has 2 aliphatic carbocycles. The molecular formula is C69H45N3O. The van der Waals surface area contributed by atoms with Gasteiger partial charge >= 0.3 is 0 Å². The van der Waals surface area contributed by atoms with Gasteiger partial charge in [0.05, 0.1) is 38.5 Å². The maximum absolute atomic E-state index is 14.0. The molecule has 4 nitrogen and oxygen atoms in total. The summed E-state index contributed by atoms with van der Waals surface area (Å²) in [4.78, 5) is 14.0. The Kier molecular flexibility index (Phi) is 8.49. The number of aromatic nitrogens is 3. The minimum atomic E-state index is -0.592. The number of hydrogen-bond donors (Lipinski definition) is 0. The first-order chi connectivity index (χ1) is 35.9. The number of para-hydroxylation sites is 3. The molecule has 1 unspecified atom stereocenters. The highest BCUT2D eigenvalue weighted by molar-refractivity contribution is 6.21. The van der Waals surface area contributed by atoms with Crippen molar-refractivity contribution in [1.82, 2.24) is 13.5 Å². The summed E-state index contributed by atoms with van der Waals surface area (Å²) in [7, 11) is 0. The van der Waals surface area contributed by atoms with Gasteiger partial charge in [0.15, 0.2) is 0 Å². The number of hydrogen-bond acceptors (Lipinski definition) is 1. The van der Waals surface area contributed by atoms with E-state index in [9.17, 15) is 4.79 Å². The number of allylic oxidation sites excluding steroid dienone is 9. The summed E-state index contributed by atoms with van der Waals surface area (Å²) in [5.41, 5.74) is 19.6. The molecule has 0 bridgehead atoms. The Labute approximate surface area is 420 Å². The lowest BCUT2D eigenvalue weighted by Crippen LogP contribution is -2.26. The Balaban J connectivity index is 0.886. The van der Waals surface area contributed by atoms with E-state index >= 15 is 0 Å². The molecule has 13 aromatic rings. The van der Waals surface area contributed by atoms with E-state index in [0.717, 1.165) is 105 Å². The van der Waals surface area contributed by atoms with E-state index in [-0.39, 0.29) is 5.56 Å². The molecule has 1 spiro atoms. The summed E-state index contributed by atoms with van der Waals surface area (Å²) in [5.74, 6) is 0. The molecule has 0 fully saturated rings. The first kappa shape index (κ1) is 41.3. The standard InChI is InChI=1S/C69H45N3O/c1-5-17-48-54-40-66-57(39-61(54)69(58(48)7-3)59(18-6-2)41(4)46-19-10-13-26-60(46)69)50-22-12-15-28-63(50)71(66)45-34-36-64-56(38-45)49-21-11-14-27-62(49)70(64)44-32-29-42(30-33-44)43-31-35-65-55(37-43)52-25-16-24-51-47-20-8-9-23-53(47)68(73)72(65)67(51)52/h5-40H,2-4H2,1H3/b17-5-,59-18+. The number of pyridine rings is 1. The molecule has 2 aliphatic rings. The van der Waals surface area contributed by atoms with Gasteiger partial charge in [-0.15, -0.1) is 0 Å². The van der Waals surface area contributed by atoms with Gasteiger partial charge < -0.3 is 9.13 Å². The molecule has 4 heterocycles. The minimum absolute atomic E-state index is 0.0216. The lowest BCUT2D eigenvalue weighted by Gasteiger charge is -2.32. The van der Waals surface area contributed by atoms with Crippen LogP contribution < -0.4 is 5.56 Å². The Bertz CT molecular complexity index is 4810. The van der Waals surface area contributed by atoms with Gasteiger partial charge in [0.1, 0.15) is 0 Å². The van der Waals surface area contributed by atoms with Gasteiger partial charge in [0.25, 0.3) is 5.56 Å². The highest BCUT2D eigenvalue weighted by Gasteiger charge is 2.53. The maximum Gasteiger partial charge on any atom is 0.263 e. The molecule has 0 amide bonds. The van der Waals surface area contributed by atoms with Crippen molar-refractivity contribution in [3.8, 4) is 22.5 Å². The smallest absolute Gasteiger partial charge is 0.263 e. The van der Waals surface area contributed by atoms with Crippen LogP contribution in [0.2, 0.25) is 0 Å². The van der Waals surface area contributed by atoms with Crippen molar-refractivity contribution in [2.24, 2.45) is 0 Å². The summed E-state index contributed by atoms with van der Waals surface area (Å²) in [6.45, 7) is 15.4. The third-order valence-corrected chi connectivity index (χ3v) is 16.2. The zero-order valence-corrected chi connectivity index (χ0v) is 40.2. The quantitative estimate of drug-likeness (QED) is 0.153. The second kappa shape index (κ2) is 15.0. The van der Waals surface area contributed by atoms with Gasteiger partial charge in [0, 0.05) is 54.5 Å². The van der Waals surface area contributed by atoms with Gasteiger partial charge in [-0.25, -0.2) is 0 Å². The van der Waals surface area contributed by atoms with Gasteiger partial charge in [0.2, 0.25) is 0 Å². The van der Waals surface area contributed by atoms with E-state index in [4.69, 9.17) is 6.58 Å². The van der Waals surface area contributed by atoms with E-state index in [1.807, 2.05) is 28.7 Å². The Morgan fingerprint density at radius 2 is 1.07 bits per heavy atom. The summed E-state index contributed by atoms with van der Waals surface area (Å²) in [6.07, 6.45) is 10.5. The highest BCUT2D eigenvalue weighted by atomic mass is 16.1. The lowest BCUT2D eigenvalue weighted by molar-refractivity contribution is 0.789. The average Bonchev–Trinajstić information content (AvgIpc) is 4.21. The Morgan fingerprint density at radius 1 is 0.479 bits per heavy atom. The third kappa shape index (κ3) is 5.26. The Hall–Kier alpha value is -9.51. The predicted octanol–water partition coefficient (Wildman–Crippen LogP) is 17.0. The zero-order chi connectivity index (χ0) is 48.9. The van der Waals surface area contributed by atoms with Crippen molar-refractivity contribution in [2.75, 3.05) is 0 Å². The summed E-state index contributed by atoms with van der Waals surface area (Å²) in [6, 6.07) is 67.8. The predicted molar refractivity (Wildman–Crippen MR) is 308 cm³/mol. The van der Waals surface area contributed by atoms with Crippen LogP contribution in [-0.2, 0) is 5.41 Å². The van der Waals surface area contributed by atoms with Gasteiger partial charge in [-0.3, -0.25) is 9.20 Å². The normalized spacial score (nSPS) is 16.2. The second-order valence-corrected chi connectivity index (χ2v) is 19.6. The monoisotopic (exact) mass is 931 g/mol. The first-order valence-corrected chi connectivity index (χ1v) is 25.0. The van der Waals surface area contributed by atoms with E-state index in [0.29, 0.717) is 0 Å². The number of rotatable bonds is 6. The molecule has 15 rings (SSSR count). The van der Waals surface area contributed by atoms with Crippen molar-refractivity contribution in [1.29, 1.82) is 0 Å². The summed E-state index contributed by atoms with van der Waals surface area (Å²) >= 11 is 0. The molecule has 4 aromatic heterocycles. The molecule has 342 valence electrons. The van der Waals surface area contributed by atoms with Crippen molar-refractivity contribution in [3.63, 3.8) is 0 Å². The second-order valence-electron chi connectivity index (χ2n) is 19.6. The van der Waals surface area contributed by atoms with E-state index in [1.54, 1.807) is 0 Å². The van der Waals surface area contributed by atoms with Crippen molar-refractivity contribution < 1.29 is 0 Å². The van der Waals surface area contributed by atoms with Crippen LogP contribution in [0.5, 0.6) is 0 Å². The third-order valence-electron chi connectivity index (χ3n) is 16.2. The van der Waals surface area contributed by atoms with Gasteiger partial charge in [-0.1, -0.05) is 165 Å². The molecule has 73 heavy (non-hydrogen) atoms. The minimum Gasteiger partial charge on any atom is -0.309 e. The fourth-order valence-electron chi connectivity index (χ4n) is 13.3. The van der Waals surface area contributed by atoms with Gasteiger partial charge in [-0.05, 0) is 141 Å². The van der Waals surface area contributed by atoms with Crippen molar-refractivity contribution >= 4 is 92.7 Å². The topological polar surface area (TPSA) is 31.3 Å². The van der Waals surface area contributed by atoms with E-state index < -0.39 is 5.41 Å². The van der Waals surface area contributed by atoms with Crippen LogP contribution in [0.3, 0.4) is 0 Å². The fraction of sp³-hybridized carbons (Fsp3) is 0.0290. The van der Waals surface area contributed by atoms with Crippen LogP contribution in [-0.4, -0.2) is 13.5 Å². The maximum atomic E-state index is 14.0. The average molecular weight is 932 g/mol. The first-order valence-electron chi connectivity index (χ1n) is 25.0. The van der Waals surface area contributed by atoms with Crippen molar-refractivity contribution in [3.05, 3.63) is 282 Å². The largest absolute Gasteiger partial charge is 0.309 e. The molecule has 0 radical (unpaired) electrons. The molecular weight excluding hydrogens is 887 g/mol. The van der Waals surface area contributed by atoms with Crippen LogP contribution in [0.1, 0.15) is 29.2 Å². The number of nitrogens with zero attached hydrogens (tertiary/aromatic N) is 3. The Morgan fingerprint density at radius 3 is 1.81 bits per heavy atom. The van der Waals surface area contributed by atoms with Crippen LogP contribution >= 0.6 is 0 Å². The highest BCUT2D eigenvalue weighted by Crippen LogP contribution is 2.63. The number of fused-ring (bicyclic) bond motifs is 15. The van der Waals surface area contributed by atoms with Gasteiger partial charge in [-0.2, -0.15) is 0 Å². The van der Waals surface area contributed by atoms with Crippen molar-refractivity contribution in [2.45, 2.75) is 12.3 Å². The van der Waals surface area contributed by atoms with Crippen LogP contribution in [0, 0.1) is 0 Å². The van der Waals surface area contributed by atoms with Crippen LogP contribution in [0.25, 0.3) is 115 Å². The zero-order valence-electron chi connectivity index (χ0n) is 40.2. The summed E-state index contributed by atoms with van der Waals surface area (Å²) < 4.78 is 6.75.